The topological polar surface area (TPSA) is 77.8 Å². The molecule has 14 heavy (non-hydrogen) atoms. The van der Waals surface area contributed by atoms with E-state index in [4.69, 9.17) is 10.2 Å². The normalized spacial score (nSPS) is 21.2. The van der Waals surface area contributed by atoms with Gasteiger partial charge in [-0.1, -0.05) is 0 Å². The Balaban J connectivity index is 2.39. The molecule has 5 heteroatoms. The van der Waals surface area contributed by atoms with Crippen molar-refractivity contribution in [3.8, 4) is 0 Å². The number of aliphatic hydroxyl groups excluding tert-OH is 1. The molecule has 0 aromatic heterocycles. The van der Waals surface area contributed by atoms with Gasteiger partial charge in [-0.15, -0.1) is 0 Å². The number of likely N-dealkylation sites (tertiary alicyclic amines) is 1. The summed E-state index contributed by atoms with van der Waals surface area (Å²) in [6.07, 6.45) is 1.61. The SMILES string of the molecule is O=C(O)CCC(=O)N1CCC[C@H]1CO. The highest BCUT2D eigenvalue weighted by Crippen LogP contribution is 2.17. The van der Waals surface area contributed by atoms with Crippen LogP contribution in [0.25, 0.3) is 0 Å². The lowest BCUT2D eigenvalue weighted by Gasteiger charge is -2.22. The van der Waals surface area contributed by atoms with Crippen LogP contribution in [-0.2, 0) is 9.59 Å². The van der Waals surface area contributed by atoms with Crippen LogP contribution in [0.2, 0.25) is 0 Å². The van der Waals surface area contributed by atoms with Gasteiger partial charge in [0.15, 0.2) is 0 Å². The van der Waals surface area contributed by atoms with Crippen molar-refractivity contribution in [3.63, 3.8) is 0 Å². The maximum Gasteiger partial charge on any atom is 0.303 e. The van der Waals surface area contributed by atoms with Crippen molar-refractivity contribution in [2.75, 3.05) is 13.2 Å². The van der Waals surface area contributed by atoms with Gasteiger partial charge in [0.2, 0.25) is 5.91 Å². The van der Waals surface area contributed by atoms with E-state index in [-0.39, 0.29) is 31.4 Å². The molecule has 0 radical (unpaired) electrons. The average Bonchev–Trinajstić information content (AvgIpc) is 2.61. The number of hydrogen-bond donors (Lipinski definition) is 2. The van der Waals surface area contributed by atoms with E-state index in [1.165, 1.54) is 0 Å². The summed E-state index contributed by atoms with van der Waals surface area (Å²) in [4.78, 5) is 23.3. The molecule has 0 aliphatic carbocycles. The molecule has 0 unspecified atom stereocenters. The van der Waals surface area contributed by atoms with E-state index >= 15 is 0 Å². The van der Waals surface area contributed by atoms with Gasteiger partial charge in [0.25, 0.3) is 0 Å². The minimum atomic E-state index is -0.960. The minimum absolute atomic E-state index is 0.0290. The molecule has 1 fully saturated rings. The Morgan fingerprint density at radius 2 is 2.07 bits per heavy atom. The van der Waals surface area contributed by atoms with Gasteiger partial charge in [0.1, 0.15) is 0 Å². The average molecular weight is 201 g/mol. The lowest BCUT2D eigenvalue weighted by molar-refractivity contribution is -0.141. The maximum atomic E-state index is 11.5. The zero-order valence-corrected chi connectivity index (χ0v) is 7.98. The van der Waals surface area contributed by atoms with Gasteiger partial charge in [-0.3, -0.25) is 9.59 Å². The number of aliphatic carboxylic acids is 1. The molecule has 1 aliphatic rings. The second kappa shape index (κ2) is 4.95. The fraction of sp³-hybridized carbons (Fsp3) is 0.778. The third kappa shape index (κ3) is 2.70. The molecule has 1 amide bonds. The Hall–Kier alpha value is -1.10. The third-order valence-corrected chi connectivity index (χ3v) is 2.46. The van der Waals surface area contributed by atoms with Crippen molar-refractivity contribution in [1.29, 1.82) is 0 Å². The molecule has 2 N–H and O–H groups in total. The number of carboxylic acids is 1. The first-order valence-electron chi connectivity index (χ1n) is 4.77. The van der Waals surface area contributed by atoms with Crippen molar-refractivity contribution in [3.05, 3.63) is 0 Å². The quantitative estimate of drug-likeness (QED) is 0.662. The number of rotatable bonds is 4. The summed E-state index contributed by atoms with van der Waals surface area (Å²) in [7, 11) is 0. The highest BCUT2D eigenvalue weighted by atomic mass is 16.4. The van der Waals surface area contributed by atoms with Crippen LogP contribution in [-0.4, -0.2) is 46.2 Å². The number of carbonyl (C=O) groups excluding carboxylic acids is 1. The zero-order valence-electron chi connectivity index (χ0n) is 7.98. The first-order valence-corrected chi connectivity index (χ1v) is 4.77. The number of aliphatic hydroxyl groups is 1. The van der Waals surface area contributed by atoms with Crippen LogP contribution in [0.5, 0.6) is 0 Å². The van der Waals surface area contributed by atoms with E-state index in [1.807, 2.05) is 0 Å². The van der Waals surface area contributed by atoms with Crippen LogP contribution in [0.4, 0.5) is 0 Å². The standard InChI is InChI=1S/C9H15NO4/c11-6-7-2-1-5-10(7)8(12)3-4-9(13)14/h7,11H,1-6H2,(H,13,14)/t7-/m0/s1. The van der Waals surface area contributed by atoms with Crippen LogP contribution in [0.15, 0.2) is 0 Å². The van der Waals surface area contributed by atoms with E-state index in [0.29, 0.717) is 6.54 Å². The lowest BCUT2D eigenvalue weighted by Crippen LogP contribution is -2.37. The number of amides is 1. The second-order valence-corrected chi connectivity index (χ2v) is 3.46. The molecular weight excluding hydrogens is 186 g/mol. The summed E-state index contributed by atoms with van der Waals surface area (Å²) < 4.78 is 0. The number of carboxylic acid groups (broad SMARTS) is 1. The first-order chi connectivity index (χ1) is 6.65. The van der Waals surface area contributed by atoms with Crippen molar-refractivity contribution in [1.82, 2.24) is 4.90 Å². The highest BCUT2D eigenvalue weighted by molar-refractivity contribution is 5.81. The van der Waals surface area contributed by atoms with Gasteiger partial charge in [-0.25, -0.2) is 0 Å². The van der Waals surface area contributed by atoms with Gasteiger partial charge >= 0.3 is 5.97 Å². The molecule has 1 rings (SSSR count). The number of hydrogen-bond acceptors (Lipinski definition) is 3. The molecule has 0 spiro atoms. The van der Waals surface area contributed by atoms with Crippen molar-refractivity contribution >= 4 is 11.9 Å². The van der Waals surface area contributed by atoms with Crippen LogP contribution < -0.4 is 0 Å². The van der Waals surface area contributed by atoms with Gasteiger partial charge < -0.3 is 15.1 Å². The van der Waals surface area contributed by atoms with Crippen LogP contribution in [0.3, 0.4) is 0 Å². The van der Waals surface area contributed by atoms with E-state index in [2.05, 4.69) is 0 Å². The van der Waals surface area contributed by atoms with Crippen molar-refractivity contribution in [2.24, 2.45) is 0 Å². The predicted molar refractivity (Wildman–Crippen MR) is 48.7 cm³/mol. The molecule has 0 aromatic rings. The van der Waals surface area contributed by atoms with Crippen LogP contribution in [0.1, 0.15) is 25.7 Å². The van der Waals surface area contributed by atoms with Crippen molar-refractivity contribution < 1.29 is 19.8 Å². The Morgan fingerprint density at radius 3 is 2.64 bits per heavy atom. The fourth-order valence-electron chi connectivity index (χ4n) is 1.71. The molecule has 0 aromatic carbocycles. The van der Waals surface area contributed by atoms with Gasteiger partial charge in [0.05, 0.1) is 19.1 Å². The molecule has 5 nitrogen and oxygen atoms in total. The summed E-state index contributed by atoms with van der Waals surface area (Å²) >= 11 is 0. The molecular formula is C9H15NO4. The molecule has 1 aliphatic heterocycles. The predicted octanol–water partition coefficient (Wildman–Crippen LogP) is -0.166. The summed E-state index contributed by atoms with van der Waals surface area (Å²) in [5.41, 5.74) is 0. The monoisotopic (exact) mass is 201 g/mol. The van der Waals surface area contributed by atoms with Gasteiger partial charge in [-0.05, 0) is 12.8 Å². The van der Waals surface area contributed by atoms with E-state index in [1.54, 1.807) is 4.90 Å². The van der Waals surface area contributed by atoms with Crippen LogP contribution >= 0.6 is 0 Å². The molecule has 1 heterocycles. The van der Waals surface area contributed by atoms with Crippen LogP contribution in [0, 0.1) is 0 Å². The summed E-state index contributed by atoms with van der Waals surface area (Å²) in [6.45, 7) is 0.614. The molecule has 0 bridgehead atoms. The molecule has 1 atom stereocenters. The number of nitrogens with zero attached hydrogens (tertiary/aromatic N) is 1. The first kappa shape index (κ1) is 11.0. The smallest absolute Gasteiger partial charge is 0.303 e. The largest absolute Gasteiger partial charge is 0.481 e. The fourth-order valence-corrected chi connectivity index (χ4v) is 1.71. The second-order valence-electron chi connectivity index (χ2n) is 3.46. The van der Waals surface area contributed by atoms with Gasteiger partial charge in [-0.2, -0.15) is 0 Å². The third-order valence-electron chi connectivity index (χ3n) is 2.46. The minimum Gasteiger partial charge on any atom is -0.481 e. The van der Waals surface area contributed by atoms with Crippen molar-refractivity contribution in [2.45, 2.75) is 31.7 Å². The highest BCUT2D eigenvalue weighted by Gasteiger charge is 2.27. The maximum absolute atomic E-state index is 11.5. The summed E-state index contributed by atoms with van der Waals surface area (Å²) in [5, 5.41) is 17.4. The van der Waals surface area contributed by atoms with Gasteiger partial charge in [0, 0.05) is 13.0 Å². The molecule has 0 saturated carbocycles. The van der Waals surface area contributed by atoms with E-state index in [0.717, 1.165) is 12.8 Å². The Bertz CT molecular complexity index is 229. The molecule has 80 valence electrons. The summed E-state index contributed by atoms with van der Waals surface area (Å²) in [5.74, 6) is -1.12. The van der Waals surface area contributed by atoms with E-state index < -0.39 is 5.97 Å². The summed E-state index contributed by atoms with van der Waals surface area (Å²) in [6, 6.07) is -0.101. The lowest BCUT2D eigenvalue weighted by atomic mass is 10.2. The Kier molecular flexibility index (Phi) is 3.88. The van der Waals surface area contributed by atoms with E-state index in [9.17, 15) is 9.59 Å². The number of carbonyl (C=O) groups is 2. The Labute approximate surface area is 82.3 Å². The molecule has 1 saturated heterocycles. The Morgan fingerprint density at radius 1 is 1.36 bits per heavy atom. The zero-order chi connectivity index (χ0) is 10.6.